The van der Waals surface area contributed by atoms with Gasteiger partial charge in [0.15, 0.2) is 0 Å². The molecule has 2 N–H and O–H groups in total. The number of rotatable bonds is 2. The van der Waals surface area contributed by atoms with Crippen molar-refractivity contribution < 1.29 is 10.2 Å². The molecule has 0 amide bonds. The summed E-state index contributed by atoms with van der Waals surface area (Å²) in [6.07, 6.45) is 0. The minimum atomic E-state index is -0.755. The Morgan fingerprint density at radius 1 is 0.560 bits per heavy atom. The number of hydrogen-bond donors (Lipinski definition) is 2. The van der Waals surface area contributed by atoms with E-state index in [1.807, 2.05) is 13.8 Å². The van der Waals surface area contributed by atoms with Gasteiger partial charge in [0, 0.05) is 38.8 Å². The number of hydrogen-bond acceptors (Lipinski definition) is 2. The van der Waals surface area contributed by atoms with Crippen molar-refractivity contribution in [3.8, 4) is 11.5 Å². The molecule has 0 aliphatic heterocycles. The lowest BCUT2D eigenvalue weighted by atomic mass is 9.75. The highest BCUT2D eigenvalue weighted by Gasteiger charge is 2.36. The van der Waals surface area contributed by atoms with Crippen molar-refractivity contribution >= 4 is 46.4 Å². The molecule has 0 radical (unpaired) electrons. The lowest BCUT2D eigenvalue weighted by Crippen LogP contribution is -2.23. The van der Waals surface area contributed by atoms with E-state index < -0.39 is 5.41 Å². The van der Waals surface area contributed by atoms with Crippen molar-refractivity contribution in [3.05, 3.63) is 53.5 Å². The van der Waals surface area contributed by atoms with Gasteiger partial charge < -0.3 is 10.2 Å². The van der Waals surface area contributed by atoms with E-state index in [-0.39, 0.29) is 11.5 Å². The molecule has 2 rings (SSSR count). The van der Waals surface area contributed by atoms with Gasteiger partial charge in [0.1, 0.15) is 11.5 Å². The summed E-state index contributed by atoms with van der Waals surface area (Å²) >= 11 is 26.2. The molecule has 2 aromatic carbocycles. The minimum absolute atomic E-state index is 0.0739. The van der Waals surface area contributed by atoms with E-state index in [1.165, 1.54) is 0 Å². The molecule has 0 unspecified atom stereocenters. The summed E-state index contributed by atoms with van der Waals surface area (Å²) in [4.78, 5) is 0. The Kier molecular flexibility index (Phi) is 5.53. The lowest BCUT2D eigenvalue weighted by Gasteiger charge is -2.33. The highest BCUT2D eigenvalue weighted by molar-refractivity contribution is 6.39. The SMILES string of the molecule is Cc1c(O)c(C)c(Cl)c(C(C)(C)c2c(Cl)c(C)c(O)c(C)c2Cl)c1Cl. The van der Waals surface area contributed by atoms with Gasteiger partial charge in [-0.15, -0.1) is 0 Å². The average Bonchev–Trinajstić information content (AvgIpc) is 2.54. The molecule has 0 spiro atoms. The first-order chi connectivity index (χ1) is 11.4. The quantitative estimate of drug-likeness (QED) is 0.535. The zero-order valence-electron chi connectivity index (χ0n) is 14.9. The molecule has 0 aliphatic carbocycles. The Bertz CT molecular complexity index is 756. The second-order valence-electron chi connectivity index (χ2n) is 6.83. The third-order valence-corrected chi connectivity index (χ3v) is 6.76. The third kappa shape index (κ3) is 2.98. The van der Waals surface area contributed by atoms with E-state index in [2.05, 4.69) is 0 Å². The van der Waals surface area contributed by atoms with Crippen molar-refractivity contribution in [2.45, 2.75) is 47.0 Å². The molecular formula is C19H20Cl4O2. The maximum atomic E-state index is 10.2. The molecule has 0 saturated heterocycles. The van der Waals surface area contributed by atoms with E-state index >= 15 is 0 Å². The van der Waals surface area contributed by atoms with Gasteiger partial charge in [0.2, 0.25) is 0 Å². The number of phenols is 2. The van der Waals surface area contributed by atoms with Crippen LogP contribution >= 0.6 is 46.4 Å². The van der Waals surface area contributed by atoms with E-state index in [9.17, 15) is 10.2 Å². The molecule has 0 bridgehead atoms. The second kappa shape index (κ2) is 6.74. The predicted molar refractivity (Wildman–Crippen MR) is 107 cm³/mol. The van der Waals surface area contributed by atoms with E-state index in [4.69, 9.17) is 46.4 Å². The molecule has 136 valence electrons. The lowest BCUT2D eigenvalue weighted by molar-refractivity contribution is 0.465. The van der Waals surface area contributed by atoms with Crippen LogP contribution in [0.25, 0.3) is 0 Å². The summed E-state index contributed by atoms with van der Waals surface area (Å²) in [5.74, 6) is 0.148. The van der Waals surface area contributed by atoms with Gasteiger partial charge in [-0.1, -0.05) is 60.3 Å². The van der Waals surface area contributed by atoms with Crippen molar-refractivity contribution in [2.75, 3.05) is 0 Å². The highest BCUT2D eigenvalue weighted by atomic mass is 35.5. The first-order valence-electron chi connectivity index (χ1n) is 7.70. The van der Waals surface area contributed by atoms with Gasteiger partial charge in [-0.3, -0.25) is 0 Å². The second-order valence-corrected chi connectivity index (χ2v) is 8.34. The van der Waals surface area contributed by atoms with Crippen LogP contribution in [0.3, 0.4) is 0 Å². The number of phenolic OH excluding ortho intramolecular Hbond substituents is 2. The topological polar surface area (TPSA) is 40.5 Å². The van der Waals surface area contributed by atoms with Crippen LogP contribution < -0.4 is 0 Å². The maximum absolute atomic E-state index is 10.2. The first kappa shape index (κ1) is 20.5. The Labute approximate surface area is 168 Å². The minimum Gasteiger partial charge on any atom is -0.507 e. The fraction of sp³-hybridized carbons (Fsp3) is 0.368. The van der Waals surface area contributed by atoms with E-state index in [1.54, 1.807) is 27.7 Å². The molecule has 2 aromatic rings. The van der Waals surface area contributed by atoms with Crippen LogP contribution in [-0.4, -0.2) is 10.2 Å². The normalized spacial score (nSPS) is 11.9. The van der Waals surface area contributed by atoms with Crippen molar-refractivity contribution in [1.82, 2.24) is 0 Å². The maximum Gasteiger partial charge on any atom is 0.124 e. The van der Waals surface area contributed by atoms with Crippen LogP contribution in [0.2, 0.25) is 20.1 Å². The summed E-state index contributed by atoms with van der Waals surface area (Å²) in [6, 6.07) is 0. The monoisotopic (exact) mass is 420 g/mol. The summed E-state index contributed by atoms with van der Waals surface area (Å²) in [6.45, 7) is 10.8. The fourth-order valence-electron chi connectivity index (χ4n) is 3.14. The smallest absolute Gasteiger partial charge is 0.124 e. The van der Waals surface area contributed by atoms with Crippen LogP contribution in [0.4, 0.5) is 0 Å². The Morgan fingerprint density at radius 3 is 0.960 bits per heavy atom. The van der Waals surface area contributed by atoms with Crippen LogP contribution in [-0.2, 0) is 5.41 Å². The molecule has 0 fully saturated rings. The molecule has 0 heterocycles. The summed E-state index contributed by atoms with van der Waals surface area (Å²) in [7, 11) is 0. The fourth-order valence-corrected chi connectivity index (χ4v) is 4.92. The van der Waals surface area contributed by atoms with Crippen LogP contribution in [0.15, 0.2) is 0 Å². The predicted octanol–water partition coefficient (Wildman–Crippen LogP) is 7.27. The van der Waals surface area contributed by atoms with Crippen molar-refractivity contribution in [3.63, 3.8) is 0 Å². The standard InChI is InChI=1S/C19H20Cl4O2/c1-7-13(20)11(14(21)8(2)17(7)24)19(5,6)12-15(22)9(3)18(25)10(4)16(12)23/h24-25H,1-6H3. The van der Waals surface area contributed by atoms with E-state index in [0.29, 0.717) is 53.5 Å². The summed E-state index contributed by atoms with van der Waals surface area (Å²) < 4.78 is 0. The van der Waals surface area contributed by atoms with Gasteiger partial charge in [-0.2, -0.15) is 0 Å². The largest absolute Gasteiger partial charge is 0.507 e. The van der Waals surface area contributed by atoms with Crippen molar-refractivity contribution in [2.24, 2.45) is 0 Å². The summed E-state index contributed by atoms with van der Waals surface area (Å²) in [5.41, 5.74) is 2.71. The van der Waals surface area contributed by atoms with Gasteiger partial charge in [-0.25, -0.2) is 0 Å². The summed E-state index contributed by atoms with van der Waals surface area (Å²) in [5, 5.41) is 21.9. The zero-order valence-corrected chi connectivity index (χ0v) is 17.9. The molecule has 0 aliphatic rings. The Morgan fingerprint density at radius 2 is 0.760 bits per heavy atom. The van der Waals surface area contributed by atoms with Crippen molar-refractivity contribution in [1.29, 1.82) is 0 Å². The number of halogens is 4. The van der Waals surface area contributed by atoms with Gasteiger partial charge in [-0.05, 0) is 27.7 Å². The molecule has 0 saturated carbocycles. The Hall–Kier alpha value is -0.800. The van der Waals surface area contributed by atoms with Crippen LogP contribution in [0.1, 0.15) is 47.2 Å². The van der Waals surface area contributed by atoms with Gasteiger partial charge in [0.25, 0.3) is 0 Å². The molecule has 6 heteroatoms. The first-order valence-corrected chi connectivity index (χ1v) is 9.22. The van der Waals surface area contributed by atoms with Gasteiger partial charge >= 0.3 is 0 Å². The highest BCUT2D eigenvalue weighted by Crippen LogP contribution is 2.51. The zero-order chi connectivity index (χ0) is 19.4. The van der Waals surface area contributed by atoms with Crippen LogP contribution in [0.5, 0.6) is 11.5 Å². The molecule has 25 heavy (non-hydrogen) atoms. The molecule has 0 aromatic heterocycles. The van der Waals surface area contributed by atoms with Gasteiger partial charge in [0.05, 0.1) is 20.1 Å². The average molecular weight is 422 g/mol. The molecule has 2 nitrogen and oxygen atoms in total. The van der Waals surface area contributed by atoms with E-state index in [0.717, 1.165) is 0 Å². The third-order valence-electron chi connectivity index (χ3n) is 4.87. The number of benzene rings is 2. The molecular weight excluding hydrogens is 402 g/mol. The number of aromatic hydroxyl groups is 2. The molecule has 0 atom stereocenters. The Balaban J connectivity index is 2.96. The van der Waals surface area contributed by atoms with Crippen LogP contribution in [0, 0.1) is 27.7 Å².